The van der Waals surface area contributed by atoms with Crippen molar-refractivity contribution in [2.75, 3.05) is 12.4 Å². The van der Waals surface area contributed by atoms with Gasteiger partial charge in [0.15, 0.2) is 0 Å². The zero-order valence-corrected chi connectivity index (χ0v) is 6.90. The van der Waals surface area contributed by atoms with Crippen LogP contribution in [0.1, 0.15) is 19.8 Å². The van der Waals surface area contributed by atoms with E-state index in [1.807, 2.05) is 11.8 Å². The summed E-state index contributed by atoms with van der Waals surface area (Å²) in [5, 5.41) is 0. The molecule has 1 atom stereocenters. The number of rotatable bonds is 2. The van der Waals surface area contributed by atoms with Gasteiger partial charge in [-0.3, -0.25) is 4.79 Å². The van der Waals surface area contributed by atoms with E-state index in [4.69, 9.17) is 11.6 Å². The molecule has 1 unspecified atom stereocenters. The predicted molar refractivity (Wildman–Crippen MR) is 41.1 cm³/mol. The lowest BCUT2D eigenvalue weighted by molar-refractivity contribution is -0.129. The molecule has 3 heteroatoms. The van der Waals surface area contributed by atoms with Crippen molar-refractivity contribution < 1.29 is 4.79 Å². The monoisotopic (exact) mass is 161 g/mol. The summed E-state index contributed by atoms with van der Waals surface area (Å²) in [7, 11) is 0. The van der Waals surface area contributed by atoms with Crippen molar-refractivity contribution in [3.8, 4) is 0 Å². The molecule has 1 rings (SSSR count). The van der Waals surface area contributed by atoms with Crippen LogP contribution in [0.2, 0.25) is 0 Å². The van der Waals surface area contributed by atoms with Gasteiger partial charge in [0.05, 0.1) is 0 Å². The fraction of sp³-hybridized carbons (Fsp3) is 0.857. The van der Waals surface area contributed by atoms with Crippen molar-refractivity contribution >= 4 is 17.5 Å². The van der Waals surface area contributed by atoms with Crippen LogP contribution in [0.25, 0.3) is 0 Å². The van der Waals surface area contributed by atoms with Crippen LogP contribution < -0.4 is 0 Å². The number of likely N-dealkylation sites (tertiary alicyclic amines) is 1. The van der Waals surface area contributed by atoms with Gasteiger partial charge in [0.25, 0.3) is 0 Å². The molecule has 0 aromatic rings. The van der Waals surface area contributed by atoms with Gasteiger partial charge >= 0.3 is 0 Å². The number of hydrogen-bond donors (Lipinski definition) is 0. The van der Waals surface area contributed by atoms with Gasteiger partial charge in [-0.25, -0.2) is 0 Å². The van der Waals surface area contributed by atoms with Gasteiger partial charge in [0, 0.05) is 24.9 Å². The lowest BCUT2D eigenvalue weighted by Gasteiger charge is -2.21. The van der Waals surface area contributed by atoms with Gasteiger partial charge in [-0.05, 0) is 13.3 Å². The van der Waals surface area contributed by atoms with Crippen molar-refractivity contribution in [1.82, 2.24) is 4.90 Å². The molecule has 1 aliphatic rings. The molecule has 0 N–H and O–H groups in total. The smallest absolute Gasteiger partial charge is 0.222 e. The minimum atomic E-state index is 0.219. The van der Waals surface area contributed by atoms with Crippen molar-refractivity contribution in [2.24, 2.45) is 0 Å². The predicted octanol–water partition coefficient (Wildman–Crippen LogP) is 1.24. The Morgan fingerprint density at radius 3 is 2.90 bits per heavy atom. The number of carbonyl (C=O) groups excluding carboxylic acids is 1. The molecule has 0 spiro atoms. The molecule has 0 aliphatic carbocycles. The van der Waals surface area contributed by atoms with Crippen molar-refractivity contribution in [1.29, 1.82) is 0 Å². The van der Waals surface area contributed by atoms with E-state index in [9.17, 15) is 4.79 Å². The normalized spacial score (nSPS) is 21.8. The molecule has 2 nitrogen and oxygen atoms in total. The molecule has 1 heterocycles. The van der Waals surface area contributed by atoms with Crippen LogP contribution >= 0.6 is 11.6 Å². The van der Waals surface area contributed by atoms with E-state index in [-0.39, 0.29) is 11.9 Å². The molecule has 0 saturated carbocycles. The highest BCUT2D eigenvalue weighted by atomic mass is 35.5. The third kappa shape index (κ3) is 1.43. The number of amides is 1. The number of halogens is 1. The average molecular weight is 162 g/mol. The van der Waals surface area contributed by atoms with E-state index in [1.54, 1.807) is 0 Å². The van der Waals surface area contributed by atoms with Gasteiger partial charge in [0.2, 0.25) is 5.91 Å². The minimum absolute atomic E-state index is 0.219. The first-order valence-electron chi connectivity index (χ1n) is 3.61. The maximum Gasteiger partial charge on any atom is 0.222 e. The van der Waals surface area contributed by atoms with Crippen LogP contribution in [0.4, 0.5) is 0 Å². The van der Waals surface area contributed by atoms with E-state index >= 15 is 0 Å². The van der Waals surface area contributed by atoms with Crippen molar-refractivity contribution in [2.45, 2.75) is 25.8 Å². The summed E-state index contributed by atoms with van der Waals surface area (Å²) in [6, 6.07) is 0.219. The fourth-order valence-corrected chi connectivity index (χ4v) is 1.39. The summed E-state index contributed by atoms with van der Waals surface area (Å²) in [4.78, 5) is 12.9. The average Bonchev–Trinajstić information content (AvgIpc) is 2.34. The molecular weight excluding hydrogens is 150 g/mol. The van der Waals surface area contributed by atoms with Crippen molar-refractivity contribution in [3.05, 3.63) is 0 Å². The highest BCUT2D eigenvalue weighted by molar-refractivity contribution is 6.18. The second-order valence-corrected chi connectivity index (χ2v) is 3.00. The minimum Gasteiger partial charge on any atom is -0.339 e. The number of carbonyl (C=O) groups is 1. The van der Waals surface area contributed by atoms with E-state index < -0.39 is 0 Å². The lowest BCUT2D eigenvalue weighted by Crippen LogP contribution is -2.34. The van der Waals surface area contributed by atoms with Gasteiger partial charge in [-0.15, -0.1) is 11.6 Å². The van der Waals surface area contributed by atoms with Crippen LogP contribution in [0.5, 0.6) is 0 Å². The van der Waals surface area contributed by atoms with E-state index in [0.717, 1.165) is 13.0 Å². The lowest BCUT2D eigenvalue weighted by atomic mass is 10.3. The maximum absolute atomic E-state index is 11.0. The second kappa shape index (κ2) is 3.24. The Bertz CT molecular complexity index is 138. The molecular formula is C7H12ClNO. The van der Waals surface area contributed by atoms with Crippen LogP contribution in [0.3, 0.4) is 0 Å². The van der Waals surface area contributed by atoms with E-state index in [2.05, 4.69) is 0 Å². The highest BCUT2D eigenvalue weighted by Crippen LogP contribution is 2.13. The molecule has 0 aromatic carbocycles. The summed E-state index contributed by atoms with van der Waals surface area (Å²) < 4.78 is 0. The number of alkyl halides is 1. The molecule has 0 aromatic heterocycles. The van der Waals surface area contributed by atoms with Crippen LogP contribution in [0.15, 0.2) is 0 Å². The Labute approximate surface area is 66.1 Å². The first-order valence-corrected chi connectivity index (χ1v) is 4.14. The maximum atomic E-state index is 11.0. The van der Waals surface area contributed by atoms with Crippen LogP contribution in [-0.2, 0) is 4.79 Å². The molecule has 1 fully saturated rings. The summed E-state index contributed by atoms with van der Waals surface area (Å²) in [5.74, 6) is 0.805. The van der Waals surface area contributed by atoms with Crippen LogP contribution in [0, 0.1) is 0 Å². The highest BCUT2D eigenvalue weighted by Gasteiger charge is 2.23. The Balaban J connectivity index is 2.46. The van der Waals surface area contributed by atoms with Gasteiger partial charge in [-0.1, -0.05) is 0 Å². The Morgan fingerprint density at radius 2 is 2.50 bits per heavy atom. The van der Waals surface area contributed by atoms with Crippen molar-refractivity contribution in [3.63, 3.8) is 0 Å². The topological polar surface area (TPSA) is 20.3 Å². The Hall–Kier alpha value is -0.240. The van der Waals surface area contributed by atoms with Gasteiger partial charge in [-0.2, -0.15) is 0 Å². The zero-order valence-electron chi connectivity index (χ0n) is 6.14. The first-order chi connectivity index (χ1) is 4.75. The standard InChI is InChI=1S/C7H12ClNO/c1-6(5-8)9-4-2-3-7(9)10/h6H,2-5H2,1H3. The molecule has 1 saturated heterocycles. The molecule has 0 bridgehead atoms. The first kappa shape index (κ1) is 7.86. The summed E-state index contributed by atoms with van der Waals surface area (Å²) in [6.07, 6.45) is 1.71. The fourth-order valence-electron chi connectivity index (χ4n) is 1.22. The van der Waals surface area contributed by atoms with Gasteiger partial charge in [0.1, 0.15) is 0 Å². The summed E-state index contributed by atoms with van der Waals surface area (Å²) >= 11 is 5.60. The summed E-state index contributed by atoms with van der Waals surface area (Å²) in [6.45, 7) is 2.88. The Morgan fingerprint density at radius 1 is 1.80 bits per heavy atom. The van der Waals surface area contributed by atoms with Gasteiger partial charge < -0.3 is 4.90 Å². The second-order valence-electron chi connectivity index (χ2n) is 2.69. The van der Waals surface area contributed by atoms with E-state index in [0.29, 0.717) is 12.3 Å². The molecule has 1 amide bonds. The molecule has 0 radical (unpaired) electrons. The quantitative estimate of drug-likeness (QED) is 0.558. The largest absolute Gasteiger partial charge is 0.339 e. The summed E-state index contributed by atoms with van der Waals surface area (Å²) in [5.41, 5.74) is 0. The SMILES string of the molecule is CC(CCl)N1CCCC1=O. The van der Waals surface area contributed by atoms with Crippen LogP contribution in [-0.4, -0.2) is 29.3 Å². The number of nitrogens with zero attached hydrogens (tertiary/aromatic N) is 1. The third-order valence-corrected chi connectivity index (χ3v) is 2.31. The zero-order chi connectivity index (χ0) is 7.56. The molecule has 58 valence electrons. The molecule has 1 aliphatic heterocycles. The number of hydrogen-bond acceptors (Lipinski definition) is 1. The third-order valence-electron chi connectivity index (χ3n) is 1.87. The molecule has 10 heavy (non-hydrogen) atoms. The van der Waals surface area contributed by atoms with E-state index in [1.165, 1.54) is 0 Å². The Kier molecular flexibility index (Phi) is 2.55.